The maximum Gasteiger partial charge on any atom is 0.224 e. The van der Waals surface area contributed by atoms with Gasteiger partial charge in [0.15, 0.2) is 0 Å². The van der Waals surface area contributed by atoms with E-state index in [0.29, 0.717) is 13.2 Å². The van der Waals surface area contributed by atoms with E-state index < -0.39 is 0 Å². The predicted octanol–water partition coefficient (Wildman–Crippen LogP) is 0.433. The molecule has 0 aliphatic carbocycles. The van der Waals surface area contributed by atoms with Crippen LogP contribution in [-0.4, -0.2) is 22.7 Å². The number of ether oxygens (including phenoxy) is 1. The summed E-state index contributed by atoms with van der Waals surface area (Å²) < 4.78 is 7.00. The zero-order chi connectivity index (χ0) is 10.3. The minimum Gasteiger partial charge on any atom is -0.370 e. The summed E-state index contributed by atoms with van der Waals surface area (Å²) in [5.41, 5.74) is 1.97. The highest BCUT2D eigenvalue weighted by molar-refractivity contribution is 5.90. The predicted molar refractivity (Wildman–Crippen MR) is 50.8 cm³/mol. The summed E-state index contributed by atoms with van der Waals surface area (Å²) in [6, 6.07) is 0. The number of aromatic nitrogens is 2. The molecule has 1 aromatic heterocycles. The largest absolute Gasteiger partial charge is 0.370 e. The van der Waals surface area contributed by atoms with Crippen LogP contribution in [0.4, 0.5) is 5.82 Å². The Morgan fingerprint density at radius 3 is 2.93 bits per heavy atom. The van der Waals surface area contributed by atoms with Crippen molar-refractivity contribution in [1.29, 1.82) is 0 Å². The molecule has 0 bridgehead atoms. The van der Waals surface area contributed by atoms with Gasteiger partial charge in [-0.25, -0.2) is 0 Å². The lowest BCUT2D eigenvalue weighted by molar-refractivity contribution is -0.116. The molecule has 0 saturated carbocycles. The average molecular weight is 195 g/mol. The number of aryl methyl sites for hydroxylation is 1. The van der Waals surface area contributed by atoms with E-state index in [0.717, 1.165) is 17.1 Å². The van der Waals surface area contributed by atoms with Gasteiger partial charge < -0.3 is 9.64 Å². The van der Waals surface area contributed by atoms with Crippen molar-refractivity contribution < 1.29 is 9.53 Å². The van der Waals surface area contributed by atoms with Gasteiger partial charge in [0, 0.05) is 26.6 Å². The van der Waals surface area contributed by atoms with Gasteiger partial charge in [-0.05, 0) is 0 Å². The van der Waals surface area contributed by atoms with Crippen molar-refractivity contribution in [3.05, 3.63) is 11.3 Å². The first-order chi connectivity index (χ1) is 6.61. The summed E-state index contributed by atoms with van der Waals surface area (Å²) in [7, 11) is 3.59. The Morgan fingerprint density at radius 1 is 1.57 bits per heavy atom. The second-order valence-corrected chi connectivity index (χ2v) is 3.44. The van der Waals surface area contributed by atoms with Crippen molar-refractivity contribution in [1.82, 2.24) is 9.78 Å². The van der Waals surface area contributed by atoms with Crippen LogP contribution in [0.2, 0.25) is 0 Å². The highest BCUT2D eigenvalue weighted by atomic mass is 16.5. The third kappa shape index (κ3) is 1.21. The van der Waals surface area contributed by atoms with Crippen LogP contribution in [0, 0.1) is 0 Å². The lowest BCUT2D eigenvalue weighted by atomic mass is 10.2. The molecule has 76 valence electrons. The fourth-order valence-electron chi connectivity index (χ4n) is 1.70. The lowest BCUT2D eigenvalue weighted by Gasteiger charge is -2.16. The first-order valence-corrected chi connectivity index (χ1v) is 4.48. The van der Waals surface area contributed by atoms with Crippen molar-refractivity contribution in [2.24, 2.45) is 7.05 Å². The Balaban J connectivity index is 2.46. The number of amides is 1. The monoisotopic (exact) mass is 195 g/mol. The fraction of sp³-hybridized carbons (Fsp3) is 0.556. The number of carbonyl (C=O) groups is 1. The molecule has 1 aliphatic heterocycles. The first-order valence-electron chi connectivity index (χ1n) is 4.48. The van der Waals surface area contributed by atoms with Crippen LogP contribution >= 0.6 is 0 Å². The zero-order valence-corrected chi connectivity index (χ0v) is 8.57. The highest BCUT2D eigenvalue weighted by Crippen LogP contribution is 2.28. The quantitative estimate of drug-likeness (QED) is 0.653. The third-order valence-corrected chi connectivity index (χ3v) is 2.47. The molecule has 0 unspecified atom stereocenters. The van der Waals surface area contributed by atoms with Crippen molar-refractivity contribution in [2.75, 3.05) is 11.9 Å². The zero-order valence-electron chi connectivity index (χ0n) is 8.57. The second-order valence-electron chi connectivity index (χ2n) is 3.44. The number of fused-ring (bicyclic) bond motifs is 1. The summed E-state index contributed by atoms with van der Waals surface area (Å²) in [5.74, 6) is 0.840. The maximum absolute atomic E-state index is 11.2. The second kappa shape index (κ2) is 3.09. The van der Waals surface area contributed by atoms with Crippen molar-refractivity contribution in [3.8, 4) is 0 Å². The standard InChI is InChI=1S/C9H13N3O2/c1-6(13)11(2)9-7-4-14-5-8(7)10-12(9)3/h4-5H2,1-3H3. The van der Waals surface area contributed by atoms with Crippen LogP contribution in [0.15, 0.2) is 0 Å². The van der Waals surface area contributed by atoms with E-state index in [1.54, 1.807) is 16.6 Å². The van der Waals surface area contributed by atoms with Gasteiger partial charge >= 0.3 is 0 Å². The van der Waals surface area contributed by atoms with Crippen molar-refractivity contribution in [3.63, 3.8) is 0 Å². The summed E-state index contributed by atoms with van der Waals surface area (Å²) in [5, 5.41) is 4.29. The van der Waals surface area contributed by atoms with Crippen molar-refractivity contribution >= 4 is 11.7 Å². The van der Waals surface area contributed by atoms with Crippen LogP contribution in [0.5, 0.6) is 0 Å². The molecule has 0 atom stereocenters. The summed E-state index contributed by atoms with van der Waals surface area (Å²) in [6.07, 6.45) is 0. The van der Waals surface area contributed by atoms with E-state index in [9.17, 15) is 4.79 Å². The molecule has 0 N–H and O–H groups in total. The topological polar surface area (TPSA) is 47.4 Å². The van der Waals surface area contributed by atoms with E-state index in [2.05, 4.69) is 5.10 Å². The Morgan fingerprint density at radius 2 is 2.29 bits per heavy atom. The maximum atomic E-state index is 11.2. The Kier molecular flexibility index (Phi) is 2.03. The lowest BCUT2D eigenvalue weighted by Crippen LogP contribution is -2.26. The summed E-state index contributed by atoms with van der Waals surface area (Å²) in [4.78, 5) is 12.8. The molecule has 1 amide bonds. The van der Waals surface area contributed by atoms with Gasteiger partial charge in [-0.15, -0.1) is 0 Å². The van der Waals surface area contributed by atoms with Crippen LogP contribution in [0.3, 0.4) is 0 Å². The molecule has 14 heavy (non-hydrogen) atoms. The molecule has 2 heterocycles. The SMILES string of the molecule is CC(=O)N(C)c1c2c(nn1C)COC2. The minimum absolute atomic E-state index is 0.00250. The first kappa shape index (κ1) is 9.21. The van der Waals surface area contributed by atoms with Gasteiger partial charge in [-0.2, -0.15) is 5.10 Å². The Hall–Kier alpha value is -1.36. The van der Waals surface area contributed by atoms with Gasteiger partial charge in [-0.3, -0.25) is 9.48 Å². The molecule has 1 aromatic rings. The molecular formula is C9H13N3O2. The molecule has 0 spiro atoms. The van der Waals surface area contributed by atoms with Crippen LogP contribution in [0.1, 0.15) is 18.2 Å². The average Bonchev–Trinajstić information content (AvgIpc) is 2.62. The summed E-state index contributed by atoms with van der Waals surface area (Å²) in [6.45, 7) is 2.64. The fourth-order valence-corrected chi connectivity index (χ4v) is 1.70. The van der Waals surface area contributed by atoms with E-state index in [1.807, 2.05) is 7.05 Å². The third-order valence-electron chi connectivity index (χ3n) is 2.47. The van der Waals surface area contributed by atoms with Crippen LogP contribution < -0.4 is 4.90 Å². The molecule has 5 nitrogen and oxygen atoms in total. The molecule has 0 aromatic carbocycles. The molecular weight excluding hydrogens is 182 g/mol. The molecule has 0 fully saturated rings. The molecule has 5 heteroatoms. The summed E-state index contributed by atoms with van der Waals surface area (Å²) >= 11 is 0. The molecule has 1 aliphatic rings. The number of nitrogens with zero attached hydrogens (tertiary/aromatic N) is 3. The Labute approximate surface area is 82.3 Å². The molecule has 0 saturated heterocycles. The number of hydrogen-bond donors (Lipinski definition) is 0. The Bertz CT molecular complexity index is 384. The van der Waals surface area contributed by atoms with Crippen molar-refractivity contribution in [2.45, 2.75) is 20.1 Å². The van der Waals surface area contributed by atoms with Gasteiger partial charge in [0.2, 0.25) is 5.91 Å². The van der Waals surface area contributed by atoms with Gasteiger partial charge in [0.1, 0.15) is 5.82 Å². The highest BCUT2D eigenvalue weighted by Gasteiger charge is 2.24. The smallest absolute Gasteiger partial charge is 0.224 e. The molecule has 2 rings (SSSR count). The van der Waals surface area contributed by atoms with Crippen LogP contribution in [0.25, 0.3) is 0 Å². The van der Waals surface area contributed by atoms with Gasteiger partial charge in [0.05, 0.1) is 18.9 Å². The van der Waals surface area contributed by atoms with E-state index in [1.165, 1.54) is 6.92 Å². The van der Waals surface area contributed by atoms with Gasteiger partial charge in [-0.1, -0.05) is 0 Å². The number of anilines is 1. The van der Waals surface area contributed by atoms with E-state index in [-0.39, 0.29) is 5.91 Å². The van der Waals surface area contributed by atoms with Crippen LogP contribution in [-0.2, 0) is 29.8 Å². The minimum atomic E-state index is 0.00250. The van der Waals surface area contributed by atoms with E-state index in [4.69, 9.17) is 4.74 Å². The number of hydrogen-bond acceptors (Lipinski definition) is 3. The number of rotatable bonds is 1. The number of carbonyl (C=O) groups excluding carboxylic acids is 1. The normalized spacial score (nSPS) is 14.2. The molecule has 0 radical (unpaired) electrons. The van der Waals surface area contributed by atoms with Gasteiger partial charge in [0.25, 0.3) is 0 Å². The van der Waals surface area contributed by atoms with E-state index >= 15 is 0 Å².